The number of halogens is 3. The van der Waals surface area contributed by atoms with Crippen LogP contribution in [0, 0.1) is 6.92 Å². The van der Waals surface area contributed by atoms with E-state index in [2.05, 4.69) is 5.10 Å². The van der Waals surface area contributed by atoms with E-state index in [0.29, 0.717) is 48.0 Å². The molecule has 1 saturated heterocycles. The molecule has 0 aliphatic carbocycles. The standard InChI is InChI=1S/C26H29F3N4O3S/c1-18-5-7-19(8-6-18)22-17-23(26(27,28)29)30-33(22)20-9-11-21(12-10-20)37(35)32-15-13-31(14-16-32)24(34)36-25(2,3)4/h5-12,17H,13-16H2,1-4H3. The summed E-state index contributed by atoms with van der Waals surface area (Å²) in [5, 5.41) is 3.82. The normalized spacial score (nSPS) is 16.1. The number of benzene rings is 2. The molecule has 1 atom stereocenters. The number of hydrogen-bond acceptors (Lipinski definition) is 5. The number of amides is 1. The molecule has 0 N–H and O–H groups in total. The van der Waals surface area contributed by atoms with Crippen LogP contribution >= 0.6 is 0 Å². The minimum Gasteiger partial charge on any atom is -0.593 e. The lowest BCUT2D eigenvalue weighted by atomic mass is 10.1. The van der Waals surface area contributed by atoms with Crippen molar-refractivity contribution in [2.24, 2.45) is 0 Å². The minimum absolute atomic E-state index is 0.305. The van der Waals surface area contributed by atoms with Crippen LogP contribution in [0.3, 0.4) is 0 Å². The summed E-state index contributed by atoms with van der Waals surface area (Å²) >= 11 is -1.49. The van der Waals surface area contributed by atoms with Crippen molar-refractivity contribution in [3.05, 3.63) is 65.9 Å². The Morgan fingerprint density at radius 1 is 0.973 bits per heavy atom. The van der Waals surface area contributed by atoms with Crippen LogP contribution in [0.4, 0.5) is 18.0 Å². The number of hydrogen-bond donors (Lipinski definition) is 0. The number of alkyl halides is 3. The van der Waals surface area contributed by atoms with Gasteiger partial charge in [0.15, 0.2) is 10.6 Å². The molecule has 3 aromatic rings. The van der Waals surface area contributed by atoms with Crippen molar-refractivity contribution < 1.29 is 27.3 Å². The highest BCUT2D eigenvalue weighted by molar-refractivity contribution is 7.89. The SMILES string of the molecule is Cc1ccc(-c2cc(C(F)(F)F)nn2-c2ccc([S+]([O-])N3CCN(C(=O)OC(C)(C)C)CC3)cc2)cc1. The molecule has 2 heterocycles. The maximum atomic E-state index is 13.5. The van der Waals surface area contributed by atoms with Crippen LogP contribution in [0.15, 0.2) is 59.5 Å². The zero-order valence-corrected chi connectivity index (χ0v) is 21.9. The Hall–Kier alpha value is -3.02. The highest BCUT2D eigenvalue weighted by Crippen LogP contribution is 2.33. The lowest BCUT2D eigenvalue weighted by Gasteiger charge is -2.35. The van der Waals surface area contributed by atoms with Gasteiger partial charge in [0.1, 0.15) is 5.60 Å². The first-order valence-corrected chi connectivity index (χ1v) is 12.9. The molecule has 1 aliphatic rings. The minimum atomic E-state index is -4.59. The fourth-order valence-electron chi connectivity index (χ4n) is 3.86. The largest absolute Gasteiger partial charge is 0.593 e. The molecule has 198 valence electrons. The smallest absolute Gasteiger partial charge is 0.435 e. The topological polar surface area (TPSA) is 73.7 Å². The quantitative estimate of drug-likeness (QED) is 0.417. The average molecular weight is 535 g/mol. The summed E-state index contributed by atoms with van der Waals surface area (Å²) in [5.74, 6) is 0. The summed E-state index contributed by atoms with van der Waals surface area (Å²) in [6, 6.07) is 14.7. The molecule has 11 heteroatoms. The summed E-state index contributed by atoms with van der Waals surface area (Å²) in [5.41, 5.74) is 0.737. The molecule has 0 saturated carbocycles. The van der Waals surface area contributed by atoms with Crippen LogP contribution < -0.4 is 0 Å². The zero-order chi connectivity index (χ0) is 27.0. The maximum Gasteiger partial charge on any atom is 0.435 e. The zero-order valence-electron chi connectivity index (χ0n) is 21.1. The van der Waals surface area contributed by atoms with Crippen LogP contribution in [0.1, 0.15) is 32.0 Å². The van der Waals surface area contributed by atoms with Crippen molar-refractivity contribution in [3.63, 3.8) is 0 Å². The van der Waals surface area contributed by atoms with E-state index in [0.717, 1.165) is 11.6 Å². The van der Waals surface area contributed by atoms with Gasteiger partial charge in [-0.15, -0.1) is 4.31 Å². The molecule has 2 aromatic carbocycles. The van der Waals surface area contributed by atoms with Gasteiger partial charge in [0.2, 0.25) is 0 Å². The number of rotatable bonds is 4. The average Bonchev–Trinajstić information content (AvgIpc) is 3.29. The number of aromatic nitrogens is 2. The second-order valence-corrected chi connectivity index (χ2v) is 11.3. The molecule has 4 rings (SSSR count). The van der Waals surface area contributed by atoms with E-state index in [4.69, 9.17) is 4.74 Å². The van der Waals surface area contributed by atoms with Gasteiger partial charge in [0.25, 0.3) is 0 Å². The summed E-state index contributed by atoms with van der Waals surface area (Å²) in [6.07, 6.45) is -4.99. The molecule has 0 spiro atoms. The molecular weight excluding hydrogens is 505 g/mol. The van der Waals surface area contributed by atoms with Gasteiger partial charge in [-0.2, -0.15) is 18.3 Å². The van der Waals surface area contributed by atoms with Gasteiger partial charge in [0, 0.05) is 18.7 Å². The Labute approximate surface area is 217 Å². The molecular formula is C26H29F3N4O3S. The second-order valence-electron chi connectivity index (χ2n) is 9.83. The van der Waals surface area contributed by atoms with Crippen molar-refractivity contribution in [2.45, 2.75) is 44.4 Å². The molecule has 1 aromatic heterocycles. The van der Waals surface area contributed by atoms with E-state index in [1.54, 1.807) is 66.4 Å². The van der Waals surface area contributed by atoms with Gasteiger partial charge in [-0.25, -0.2) is 9.48 Å². The van der Waals surface area contributed by atoms with E-state index in [1.165, 1.54) is 4.68 Å². The number of carbonyl (C=O) groups excluding carboxylic acids is 1. The molecule has 1 amide bonds. The highest BCUT2D eigenvalue weighted by Gasteiger charge is 2.36. The van der Waals surface area contributed by atoms with Gasteiger partial charge in [-0.3, -0.25) is 0 Å². The molecule has 1 aliphatic heterocycles. The summed E-state index contributed by atoms with van der Waals surface area (Å²) in [7, 11) is 0. The first-order chi connectivity index (χ1) is 17.3. The molecule has 7 nitrogen and oxygen atoms in total. The van der Waals surface area contributed by atoms with Gasteiger partial charge in [-0.1, -0.05) is 29.8 Å². The second kappa shape index (κ2) is 10.4. The van der Waals surface area contributed by atoms with Crippen LogP contribution in [0.5, 0.6) is 0 Å². The van der Waals surface area contributed by atoms with E-state index in [1.807, 2.05) is 19.1 Å². The van der Waals surface area contributed by atoms with Crippen molar-refractivity contribution in [2.75, 3.05) is 26.2 Å². The predicted octanol–water partition coefficient (Wildman–Crippen LogP) is 5.44. The number of nitrogens with zero attached hydrogens (tertiary/aromatic N) is 4. The Balaban J connectivity index is 1.50. The number of ether oxygens (including phenoxy) is 1. The maximum absolute atomic E-state index is 13.5. The Kier molecular flexibility index (Phi) is 7.59. The Bertz CT molecular complexity index is 1230. The van der Waals surface area contributed by atoms with Gasteiger partial charge < -0.3 is 14.2 Å². The fraction of sp³-hybridized carbons (Fsp3) is 0.385. The van der Waals surface area contributed by atoms with Crippen LogP contribution in [0.2, 0.25) is 0 Å². The first kappa shape index (κ1) is 27.0. The molecule has 37 heavy (non-hydrogen) atoms. The first-order valence-electron chi connectivity index (χ1n) is 11.8. The molecule has 1 unspecified atom stereocenters. The Morgan fingerprint density at radius 2 is 1.57 bits per heavy atom. The van der Waals surface area contributed by atoms with Crippen molar-refractivity contribution in [1.29, 1.82) is 0 Å². The lowest BCUT2D eigenvalue weighted by Crippen LogP contribution is -2.51. The van der Waals surface area contributed by atoms with E-state index >= 15 is 0 Å². The van der Waals surface area contributed by atoms with Crippen molar-refractivity contribution in [3.8, 4) is 16.9 Å². The summed E-state index contributed by atoms with van der Waals surface area (Å²) < 4.78 is 61.9. The molecule has 0 bridgehead atoms. The Morgan fingerprint density at radius 3 is 2.11 bits per heavy atom. The predicted molar refractivity (Wildman–Crippen MR) is 135 cm³/mol. The third-order valence-corrected chi connectivity index (χ3v) is 7.26. The third kappa shape index (κ3) is 6.46. The van der Waals surface area contributed by atoms with Crippen molar-refractivity contribution >= 4 is 17.5 Å². The van der Waals surface area contributed by atoms with Crippen molar-refractivity contribution in [1.82, 2.24) is 19.0 Å². The van der Waals surface area contributed by atoms with E-state index in [-0.39, 0.29) is 0 Å². The number of aryl methyl sites for hydroxylation is 1. The van der Waals surface area contributed by atoms with Crippen LogP contribution in [0.25, 0.3) is 16.9 Å². The van der Waals surface area contributed by atoms with E-state index in [9.17, 15) is 22.5 Å². The van der Waals surface area contributed by atoms with Crippen LogP contribution in [-0.2, 0) is 22.3 Å². The molecule has 1 fully saturated rings. The van der Waals surface area contributed by atoms with E-state index < -0.39 is 34.9 Å². The fourth-order valence-corrected chi connectivity index (χ4v) is 5.02. The lowest BCUT2D eigenvalue weighted by molar-refractivity contribution is -0.141. The van der Waals surface area contributed by atoms with Gasteiger partial charge in [-0.05, 0) is 58.0 Å². The highest BCUT2D eigenvalue weighted by atomic mass is 32.2. The van der Waals surface area contributed by atoms with Crippen LogP contribution in [-0.4, -0.2) is 61.4 Å². The monoisotopic (exact) mass is 534 g/mol. The summed E-state index contributed by atoms with van der Waals surface area (Å²) in [6.45, 7) is 8.87. The third-order valence-electron chi connectivity index (χ3n) is 5.75. The molecule has 0 radical (unpaired) electrons. The van der Waals surface area contributed by atoms with Gasteiger partial charge >= 0.3 is 12.3 Å². The number of carbonyl (C=O) groups is 1. The number of piperazine rings is 1. The summed E-state index contributed by atoms with van der Waals surface area (Å²) in [4.78, 5) is 14.4. The van der Waals surface area contributed by atoms with Gasteiger partial charge in [0.05, 0.1) is 35.8 Å².